The summed E-state index contributed by atoms with van der Waals surface area (Å²) in [5, 5.41) is 0. The number of fused-ring (bicyclic) bond motifs is 2. The minimum Gasteiger partial charge on any atom is -0.195 e. The zero-order chi connectivity index (χ0) is 12.1. The molecule has 17 heavy (non-hydrogen) atoms. The molecular weight excluding hydrogens is 220 g/mol. The third-order valence-corrected chi connectivity index (χ3v) is 3.53. The highest BCUT2D eigenvalue weighted by atomic mass is 17.4. The number of hydrogen-bond acceptors (Lipinski definition) is 4. The topological polar surface area (TPSA) is 36.9 Å². The van der Waals surface area contributed by atoms with E-state index in [2.05, 4.69) is 31.2 Å². The maximum absolute atomic E-state index is 5.21. The predicted octanol–water partition coefficient (Wildman–Crippen LogP) is 2.51. The van der Waals surface area contributed by atoms with Crippen molar-refractivity contribution in [1.29, 1.82) is 0 Å². The molecule has 4 nitrogen and oxygen atoms in total. The highest BCUT2D eigenvalue weighted by molar-refractivity contribution is 5.23. The van der Waals surface area contributed by atoms with Crippen LogP contribution in [0.1, 0.15) is 25.0 Å². The lowest BCUT2D eigenvalue weighted by atomic mass is 9.87. The van der Waals surface area contributed by atoms with Crippen LogP contribution in [0.25, 0.3) is 0 Å². The summed E-state index contributed by atoms with van der Waals surface area (Å²) in [6.07, 6.45) is 0.800. The van der Waals surface area contributed by atoms with Crippen molar-refractivity contribution < 1.29 is 19.6 Å². The average molecular weight is 236 g/mol. The monoisotopic (exact) mass is 236 g/mol. The molecule has 0 amide bonds. The van der Waals surface area contributed by atoms with E-state index < -0.39 is 11.6 Å². The van der Waals surface area contributed by atoms with Crippen molar-refractivity contribution in [2.24, 2.45) is 5.92 Å². The van der Waals surface area contributed by atoms with Gasteiger partial charge in [-0.15, -0.1) is 0 Å². The first kappa shape index (κ1) is 11.2. The molecule has 0 atom stereocenters. The van der Waals surface area contributed by atoms with Gasteiger partial charge in [0.1, 0.15) is 0 Å². The lowest BCUT2D eigenvalue weighted by Crippen LogP contribution is -2.34. The van der Waals surface area contributed by atoms with E-state index in [0.717, 1.165) is 6.42 Å². The Hall–Kier alpha value is -0.940. The molecule has 1 aromatic rings. The predicted molar refractivity (Wildman–Crippen MR) is 59.5 cm³/mol. The molecule has 1 aromatic carbocycles. The Balaban J connectivity index is 1.86. The van der Waals surface area contributed by atoms with E-state index in [1.54, 1.807) is 0 Å². The molecule has 2 fully saturated rings. The molecule has 92 valence electrons. The van der Waals surface area contributed by atoms with Crippen LogP contribution in [0.2, 0.25) is 0 Å². The highest BCUT2D eigenvalue weighted by Gasteiger charge is 2.66. The molecule has 2 bridgehead atoms. The van der Waals surface area contributed by atoms with E-state index in [0.29, 0.717) is 0 Å². The Morgan fingerprint density at radius 2 is 1.65 bits per heavy atom. The lowest BCUT2D eigenvalue weighted by Gasteiger charge is -2.20. The van der Waals surface area contributed by atoms with Crippen molar-refractivity contribution in [2.75, 3.05) is 0 Å². The lowest BCUT2D eigenvalue weighted by molar-refractivity contribution is -0.583. The molecule has 0 N–H and O–H groups in total. The van der Waals surface area contributed by atoms with Crippen LogP contribution in [-0.2, 0) is 26.0 Å². The van der Waals surface area contributed by atoms with E-state index in [1.165, 1.54) is 11.1 Å². The van der Waals surface area contributed by atoms with E-state index in [1.807, 2.05) is 13.8 Å². The summed E-state index contributed by atoms with van der Waals surface area (Å²) in [5.41, 5.74) is 2.47. The molecule has 0 radical (unpaired) electrons. The number of aryl methyl sites for hydroxylation is 1. The molecule has 2 heterocycles. The van der Waals surface area contributed by atoms with Gasteiger partial charge in [-0.1, -0.05) is 29.8 Å². The fourth-order valence-electron chi connectivity index (χ4n) is 2.51. The van der Waals surface area contributed by atoms with Gasteiger partial charge in [0.15, 0.2) is 0 Å². The minimum absolute atomic E-state index is 0.0248. The zero-order valence-corrected chi connectivity index (χ0v) is 10.2. The molecule has 0 aromatic heterocycles. The van der Waals surface area contributed by atoms with Gasteiger partial charge in [-0.2, -0.15) is 19.6 Å². The molecule has 2 aliphatic rings. The SMILES string of the molecule is Cc1cccc(CC2C3(C)OOC2(C)OO3)c1. The van der Waals surface area contributed by atoms with Crippen molar-refractivity contribution in [1.82, 2.24) is 0 Å². The van der Waals surface area contributed by atoms with Crippen molar-refractivity contribution in [3.05, 3.63) is 35.4 Å². The number of hydrogen-bond donors (Lipinski definition) is 0. The Kier molecular flexibility index (Phi) is 2.32. The van der Waals surface area contributed by atoms with Gasteiger partial charge in [-0.05, 0) is 32.8 Å². The summed E-state index contributed by atoms with van der Waals surface area (Å²) >= 11 is 0. The summed E-state index contributed by atoms with van der Waals surface area (Å²) in [4.78, 5) is 20.8. The Morgan fingerprint density at radius 1 is 1.06 bits per heavy atom. The molecule has 3 rings (SSSR count). The summed E-state index contributed by atoms with van der Waals surface area (Å²) in [6, 6.07) is 8.38. The quantitative estimate of drug-likeness (QED) is 0.739. The summed E-state index contributed by atoms with van der Waals surface area (Å²) in [7, 11) is 0. The van der Waals surface area contributed by atoms with Crippen molar-refractivity contribution in [2.45, 2.75) is 38.8 Å². The largest absolute Gasteiger partial charge is 0.239 e. The second kappa shape index (κ2) is 3.53. The Morgan fingerprint density at radius 3 is 2.18 bits per heavy atom. The summed E-state index contributed by atoms with van der Waals surface area (Å²) < 4.78 is 0. The van der Waals surface area contributed by atoms with Crippen LogP contribution in [0.4, 0.5) is 0 Å². The van der Waals surface area contributed by atoms with Gasteiger partial charge < -0.3 is 0 Å². The van der Waals surface area contributed by atoms with Crippen LogP contribution < -0.4 is 0 Å². The van der Waals surface area contributed by atoms with Crippen LogP contribution >= 0.6 is 0 Å². The molecule has 0 unspecified atom stereocenters. The van der Waals surface area contributed by atoms with Gasteiger partial charge in [-0.3, -0.25) is 0 Å². The minimum atomic E-state index is -0.807. The van der Waals surface area contributed by atoms with Crippen LogP contribution in [0.3, 0.4) is 0 Å². The van der Waals surface area contributed by atoms with Crippen LogP contribution in [0.15, 0.2) is 24.3 Å². The second-order valence-electron chi connectivity index (χ2n) is 5.11. The normalized spacial score (nSPS) is 39.8. The van der Waals surface area contributed by atoms with Crippen molar-refractivity contribution in [3.63, 3.8) is 0 Å². The second-order valence-corrected chi connectivity index (χ2v) is 5.11. The van der Waals surface area contributed by atoms with Crippen LogP contribution in [-0.4, -0.2) is 11.6 Å². The van der Waals surface area contributed by atoms with Gasteiger partial charge in [0.25, 0.3) is 0 Å². The molecule has 2 aliphatic heterocycles. The number of rotatable bonds is 2. The van der Waals surface area contributed by atoms with Crippen molar-refractivity contribution >= 4 is 0 Å². The fraction of sp³-hybridized carbons (Fsp3) is 0.538. The van der Waals surface area contributed by atoms with Crippen LogP contribution in [0, 0.1) is 12.8 Å². The zero-order valence-electron chi connectivity index (χ0n) is 10.2. The molecule has 0 spiro atoms. The van der Waals surface area contributed by atoms with Gasteiger partial charge in [0.05, 0.1) is 5.92 Å². The van der Waals surface area contributed by atoms with E-state index in [9.17, 15) is 0 Å². The Bertz CT molecular complexity index is 417. The van der Waals surface area contributed by atoms with Gasteiger partial charge in [0, 0.05) is 0 Å². The maximum Gasteiger partial charge on any atom is 0.239 e. The first-order chi connectivity index (χ1) is 8.02. The van der Waals surface area contributed by atoms with Crippen LogP contribution in [0.5, 0.6) is 0 Å². The molecular formula is C13H16O4. The van der Waals surface area contributed by atoms with E-state index in [4.69, 9.17) is 19.6 Å². The Labute approximate surface area is 100 Å². The third-order valence-electron chi connectivity index (χ3n) is 3.53. The van der Waals surface area contributed by atoms with Gasteiger partial charge in [0.2, 0.25) is 11.6 Å². The van der Waals surface area contributed by atoms with E-state index >= 15 is 0 Å². The third kappa shape index (κ3) is 1.68. The fourth-order valence-corrected chi connectivity index (χ4v) is 2.51. The molecule has 2 saturated heterocycles. The molecule has 0 aliphatic carbocycles. The van der Waals surface area contributed by atoms with Gasteiger partial charge >= 0.3 is 0 Å². The smallest absolute Gasteiger partial charge is 0.195 e. The molecule has 4 heteroatoms. The number of benzene rings is 1. The van der Waals surface area contributed by atoms with Crippen molar-refractivity contribution in [3.8, 4) is 0 Å². The molecule has 0 saturated carbocycles. The summed E-state index contributed by atoms with van der Waals surface area (Å²) in [6.45, 7) is 5.76. The standard InChI is InChI=1S/C13H16O4/c1-9-5-4-6-10(7-9)8-11-12(2)14-16-13(11,3)17-15-12/h4-7,11H,8H2,1-3H3. The average Bonchev–Trinajstić information content (AvgIpc) is 2.67. The van der Waals surface area contributed by atoms with Gasteiger partial charge in [-0.25, -0.2) is 0 Å². The first-order valence-electron chi connectivity index (χ1n) is 5.81. The summed E-state index contributed by atoms with van der Waals surface area (Å²) in [5.74, 6) is -1.59. The highest BCUT2D eigenvalue weighted by Crippen LogP contribution is 2.51. The maximum atomic E-state index is 5.21. The van der Waals surface area contributed by atoms with E-state index in [-0.39, 0.29) is 5.92 Å². The first-order valence-corrected chi connectivity index (χ1v) is 5.81.